The van der Waals surface area contributed by atoms with Crippen LogP contribution in [0.15, 0.2) is 0 Å². The lowest BCUT2D eigenvalue weighted by atomic mass is 9.99. The van der Waals surface area contributed by atoms with Crippen LogP contribution in [-0.4, -0.2) is 36.7 Å². The first-order chi connectivity index (χ1) is 10.9. The molecule has 6 heteroatoms. The van der Waals surface area contributed by atoms with Crippen LogP contribution < -0.4 is 16.4 Å². The fourth-order valence-corrected chi connectivity index (χ4v) is 2.26. The highest BCUT2D eigenvalue weighted by molar-refractivity contribution is 5.91. The highest BCUT2D eigenvalue weighted by Crippen LogP contribution is 2.05. The first-order valence-electron chi connectivity index (χ1n) is 8.72. The molecular weight excluding hydrogens is 294 g/mol. The number of amides is 2. The topological polar surface area (TPSA) is 101 Å². The van der Waals surface area contributed by atoms with Gasteiger partial charge in [-0.15, -0.1) is 0 Å². The van der Waals surface area contributed by atoms with Crippen molar-refractivity contribution < 1.29 is 14.4 Å². The Bertz CT molecular complexity index is 370. The normalized spacial score (nSPS) is 12.0. The second-order valence-electron chi connectivity index (χ2n) is 6.20. The van der Waals surface area contributed by atoms with Gasteiger partial charge in [0.1, 0.15) is 0 Å². The third-order valence-electron chi connectivity index (χ3n) is 3.66. The van der Waals surface area contributed by atoms with Gasteiger partial charge in [0.2, 0.25) is 11.8 Å². The lowest BCUT2D eigenvalue weighted by Gasteiger charge is -2.19. The molecule has 1 unspecified atom stereocenters. The van der Waals surface area contributed by atoms with Gasteiger partial charge in [-0.25, -0.2) is 0 Å². The molecule has 0 rings (SSSR count). The Morgan fingerprint density at radius 3 is 2.22 bits per heavy atom. The Morgan fingerprint density at radius 1 is 1.00 bits per heavy atom. The SMILES string of the molecule is CCCCCCCC(=O)NCC(=O)NC(CCN)C(=O)C(C)C. The Balaban J connectivity index is 4.02. The number of hydrogen-bond acceptors (Lipinski definition) is 4. The molecule has 0 aromatic carbocycles. The summed E-state index contributed by atoms with van der Waals surface area (Å²) in [5.41, 5.74) is 5.48. The summed E-state index contributed by atoms with van der Waals surface area (Å²) in [5, 5.41) is 5.25. The predicted molar refractivity (Wildman–Crippen MR) is 91.8 cm³/mol. The number of nitrogens with one attached hydrogen (secondary N) is 2. The Hall–Kier alpha value is -1.43. The van der Waals surface area contributed by atoms with Gasteiger partial charge in [0.15, 0.2) is 5.78 Å². The second kappa shape index (κ2) is 13.0. The summed E-state index contributed by atoms with van der Waals surface area (Å²) in [5.74, 6) is -0.672. The van der Waals surface area contributed by atoms with Gasteiger partial charge >= 0.3 is 0 Å². The van der Waals surface area contributed by atoms with Crippen molar-refractivity contribution in [3.63, 3.8) is 0 Å². The molecule has 134 valence electrons. The van der Waals surface area contributed by atoms with Crippen molar-refractivity contribution in [2.24, 2.45) is 11.7 Å². The van der Waals surface area contributed by atoms with Crippen molar-refractivity contribution in [2.75, 3.05) is 13.1 Å². The van der Waals surface area contributed by atoms with Gasteiger partial charge in [0, 0.05) is 12.3 Å². The fraction of sp³-hybridized carbons (Fsp3) is 0.824. The molecule has 0 fully saturated rings. The van der Waals surface area contributed by atoms with Crippen LogP contribution in [0, 0.1) is 5.92 Å². The van der Waals surface area contributed by atoms with Crippen LogP contribution in [0.5, 0.6) is 0 Å². The standard InChI is InChI=1S/C17H33N3O3/c1-4-5-6-7-8-9-15(21)19-12-16(22)20-14(10-11-18)17(23)13(2)3/h13-14H,4-12,18H2,1-3H3,(H,19,21)(H,20,22). The van der Waals surface area contributed by atoms with E-state index in [1.807, 2.05) is 0 Å². The number of unbranched alkanes of at least 4 members (excludes halogenated alkanes) is 4. The highest BCUT2D eigenvalue weighted by atomic mass is 16.2. The van der Waals surface area contributed by atoms with E-state index >= 15 is 0 Å². The molecule has 0 aliphatic carbocycles. The maximum atomic E-state index is 12.0. The zero-order valence-corrected chi connectivity index (χ0v) is 14.8. The number of hydrogen-bond donors (Lipinski definition) is 3. The highest BCUT2D eigenvalue weighted by Gasteiger charge is 2.22. The first kappa shape index (κ1) is 21.6. The van der Waals surface area contributed by atoms with Crippen molar-refractivity contribution >= 4 is 17.6 Å². The van der Waals surface area contributed by atoms with Crippen molar-refractivity contribution in [1.29, 1.82) is 0 Å². The van der Waals surface area contributed by atoms with E-state index in [-0.39, 0.29) is 30.1 Å². The molecule has 0 saturated heterocycles. The van der Waals surface area contributed by atoms with E-state index in [2.05, 4.69) is 17.6 Å². The van der Waals surface area contributed by atoms with Crippen LogP contribution in [0.25, 0.3) is 0 Å². The quantitative estimate of drug-likeness (QED) is 0.446. The number of carbonyl (C=O) groups excluding carboxylic acids is 3. The molecule has 0 bridgehead atoms. The van der Waals surface area contributed by atoms with E-state index in [4.69, 9.17) is 5.73 Å². The van der Waals surface area contributed by atoms with E-state index in [0.29, 0.717) is 19.4 Å². The molecule has 2 amide bonds. The number of ketones is 1. The van der Waals surface area contributed by atoms with Gasteiger partial charge in [-0.05, 0) is 19.4 Å². The molecule has 1 atom stereocenters. The van der Waals surface area contributed by atoms with Crippen LogP contribution in [0.2, 0.25) is 0 Å². The van der Waals surface area contributed by atoms with E-state index in [9.17, 15) is 14.4 Å². The minimum absolute atomic E-state index is 0.0361. The van der Waals surface area contributed by atoms with Crippen molar-refractivity contribution in [1.82, 2.24) is 10.6 Å². The zero-order valence-electron chi connectivity index (χ0n) is 14.8. The van der Waals surface area contributed by atoms with E-state index in [1.165, 1.54) is 12.8 Å². The average Bonchev–Trinajstić information content (AvgIpc) is 2.51. The number of Topliss-reactive ketones (excluding diaryl/α,β-unsaturated/α-hetero) is 1. The minimum Gasteiger partial charge on any atom is -0.347 e. The third kappa shape index (κ3) is 10.8. The van der Waals surface area contributed by atoms with Crippen LogP contribution in [0.3, 0.4) is 0 Å². The van der Waals surface area contributed by atoms with Gasteiger partial charge < -0.3 is 16.4 Å². The zero-order chi connectivity index (χ0) is 17.7. The van der Waals surface area contributed by atoms with E-state index < -0.39 is 6.04 Å². The van der Waals surface area contributed by atoms with E-state index in [0.717, 1.165) is 19.3 Å². The summed E-state index contributed by atoms with van der Waals surface area (Å²) < 4.78 is 0. The number of carbonyl (C=O) groups is 3. The summed E-state index contributed by atoms with van der Waals surface area (Å²) in [4.78, 5) is 35.5. The lowest BCUT2D eigenvalue weighted by molar-refractivity contribution is -0.130. The maximum absolute atomic E-state index is 12.0. The van der Waals surface area contributed by atoms with Crippen molar-refractivity contribution in [3.05, 3.63) is 0 Å². The van der Waals surface area contributed by atoms with Gasteiger partial charge in [-0.3, -0.25) is 14.4 Å². The van der Waals surface area contributed by atoms with Crippen LogP contribution >= 0.6 is 0 Å². The molecular formula is C17H33N3O3. The summed E-state index contributed by atoms with van der Waals surface area (Å²) in [6.45, 7) is 5.96. The fourth-order valence-electron chi connectivity index (χ4n) is 2.26. The minimum atomic E-state index is -0.571. The van der Waals surface area contributed by atoms with Crippen LogP contribution in [0.1, 0.15) is 65.7 Å². The van der Waals surface area contributed by atoms with Gasteiger partial charge in [-0.1, -0.05) is 46.5 Å². The van der Waals surface area contributed by atoms with Gasteiger partial charge in [-0.2, -0.15) is 0 Å². The van der Waals surface area contributed by atoms with Gasteiger partial charge in [0.25, 0.3) is 0 Å². The molecule has 0 saturated carbocycles. The Morgan fingerprint density at radius 2 is 1.65 bits per heavy atom. The molecule has 0 aromatic heterocycles. The first-order valence-corrected chi connectivity index (χ1v) is 8.72. The molecule has 0 heterocycles. The lowest BCUT2D eigenvalue weighted by Crippen LogP contribution is -2.47. The largest absolute Gasteiger partial charge is 0.347 e. The summed E-state index contributed by atoms with van der Waals surface area (Å²) in [6, 6.07) is -0.571. The molecule has 0 aliphatic heterocycles. The Kier molecular flexibility index (Phi) is 12.2. The molecule has 0 aromatic rings. The monoisotopic (exact) mass is 327 g/mol. The molecule has 6 nitrogen and oxygen atoms in total. The van der Waals surface area contributed by atoms with Crippen molar-refractivity contribution in [3.8, 4) is 0 Å². The number of nitrogens with two attached hydrogens (primary N) is 1. The van der Waals surface area contributed by atoms with E-state index in [1.54, 1.807) is 13.8 Å². The smallest absolute Gasteiger partial charge is 0.239 e. The molecule has 4 N–H and O–H groups in total. The second-order valence-corrected chi connectivity index (χ2v) is 6.20. The van der Waals surface area contributed by atoms with Crippen LogP contribution in [0.4, 0.5) is 0 Å². The summed E-state index contributed by atoms with van der Waals surface area (Å²) in [6.07, 6.45) is 6.23. The summed E-state index contributed by atoms with van der Waals surface area (Å²) >= 11 is 0. The van der Waals surface area contributed by atoms with Gasteiger partial charge in [0.05, 0.1) is 12.6 Å². The molecule has 23 heavy (non-hydrogen) atoms. The third-order valence-corrected chi connectivity index (χ3v) is 3.66. The predicted octanol–water partition coefficient (Wildman–Crippen LogP) is 1.52. The van der Waals surface area contributed by atoms with Crippen molar-refractivity contribution in [2.45, 2.75) is 71.8 Å². The molecule has 0 radical (unpaired) electrons. The number of rotatable bonds is 13. The maximum Gasteiger partial charge on any atom is 0.239 e. The van der Waals surface area contributed by atoms with Crippen LogP contribution in [-0.2, 0) is 14.4 Å². The molecule has 0 aliphatic rings. The summed E-state index contributed by atoms with van der Waals surface area (Å²) in [7, 11) is 0. The Labute approximate surface area is 140 Å². The average molecular weight is 327 g/mol. The molecule has 0 spiro atoms.